The first-order valence-electron chi connectivity index (χ1n) is 8.56. The molecule has 1 fully saturated rings. The first-order valence-corrected chi connectivity index (χ1v) is 9.61. The van der Waals surface area contributed by atoms with Crippen molar-refractivity contribution in [2.45, 2.75) is 24.9 Å². The fourth-order valence-electron chi connectivity index (χ4n) is 3.14. The minimum absolute atomic E-state index is 0.00324. The molecule has 2 unspecified atom stereocenters. The van der Waals surface area contributed by atoms with Gasteiger partial charge in [0.2, 0.25) is 0 Å². The van der Waals surface area contributed by atoms with Gasteiger partial charge in [-0.15, -0.1) is 11.8 Å². The van der Waals surface area contributed by atoms with Crippen LogP contribution in [0.4, 0.5) is 0 Å². The van der Waals surface area contributed by atoms with Crippen molar-refractivity contribution in [1.82, 2.24) is 9.80 Å². The lowest BCUT2D eigenvalue weighted by Gasteiger charge is -2.49. The number of nitrogens with zero attached hydrogens (tertiary/aromatic N) is 2. The van der Waals surface area contributed by atoms with Crippen LogP contribution in [0.25, 0.3) is 0 Å². The van der Waals surface area contributed by atoms with Crippen LogP contribution in [0.5, 0.6) is 0 Å². The van der Waals surface area contributed by atoms with Crippen molar-refractivity contribution in [3.63, 3.8) is 0 Å². The van der Waals surface area contributed by atoms with E-state index in [2.05, 4.69) is 0 Å². The van der Waals surface area contributed by atoms with Crippen molar-refractivity contribution >= 4 is 29.5 Å². The van der Waals surface area contributed by atoms with Crippen molar-refractivity contribution in [2.24, 2.45) is 0 Å². The maximum absolute atomic E-state index is 13.2. The number of thioether (sulfide) groups is 1. The summed E-state index contributed by atoms with van der Waals surface area (Å²) in [6, 6.07) is 9.61. The molecule has 0 spiro atoms. The van der Waals surface area contributed by atoms with Crippen molar-refractivity contribution < 1.29 is 23.9 Å². The van der Waals surface area contributed by atoms with Crippen LogP contribution in [0, 0.1) is 0 Å². The van der Waals surface area contributed by atoms with E-state index < -0.39 is 12.1 Å². The Morgan fingerprint density at radius 1 is 1.30 bits per heavy atom. The number of hydrogen-bond acceptors (Lipinski definition) is 6. The zero-order valence-corrected chi connectivity index (χ0v) is 16.3. The lowest BCUT2D eigenvalue weighted by molar-refractivity contribution is -0.161. The van der Waals surface area contributed by atoms with Gasteiger partial charge in [-0.3, -0.25) is 19.3 Å². The van der Waals surface area contributed by atoms with E-state index in [1.807, 2.05) is 30.3 Å². The first-order chi connectivity index (χ1) is 12.9. The molecule has 1 aromatic carbocycles. The number of fused-ring (bicyclic) bond motifs is 1. The van der Waals surface area contributed by atoms with Crippen molar-refractivity contribution in [3.8, 4) is 0 Å². The van der Waals surface area contributed by atoms with Gasteiger partial charge < -0.3 is 14.4 Å². The van der Waals surface area contributed by atoms with Crippen LogP contribution in [0.1, 0.15) is 12.5 Å². The Bertz CT molecular complexity index is 780. The second-order valence-electron chi connectivity index (χ2n) is 6.45. The largest absolute Gasteiger partial charge is 0.461 e. The summed E-state index contributed by atoms with van der Waals surface area (Å²) in [5.41, 5.74) is 1.93. The molecule has 2 heterocycles. The smallest absolute Gasteiger partial charge is 0.302 e. The van der Waals surface area contributed by atoms with Crippen LogP contribution < -0.4 is 0 Å². The van der Waals surface area contributed by atoms with Crippen LogP contribution >= 0.6 is 11.8 Å². The van der Waals surface area contributed by atoms with E-state index in [4.69, 9.17) is 9.47 Å². The number of carbonyl (C=O) groups is 3. The minimum Gasteiger partial charge on any atom is -0.461 e. The van der Waals surface area contributed by atoms with E-state index in [1.165, 1.54) is 30.7 Å². The number of ether oxygens (including phenoxy) is 2. The van der Waals surface area contributed by atoms with Gasteiger partial charge in [0, 0.05) is 39.0 Å². The number of β-lactam (4-membered cyclic amide) rings is 1. The highest BCUT2D eigenvalue weighted by molar-refractivity contribution is 8.00. The van der Waals surface area contributed by atoms with Crippen LogP contribution in [0.15, 0.2) is 41.6 Å². The molecule has 3 rings (SSSR count). The summed E-state index contributed by atoms with van der Waals surface area (Å²) < 4.78 is 10.3. The van der Waals surface area contributed by atoms with Crippen LogP contribution in [-0.2, 0) is 30.4 Å². The summed E-state index contributed by atoms with van der Waals surface area (Å²) >= 11 is 1.51. The van der Waals surface area contributed by atoms with Crippen molar-refractivity contribution in [2.75, 3.05) is 26.5 Å². The molecule has 2 aliphatic rings. The quantitative estimate of drug-likeness (QED) is 0.540. The maximum Gasteiger partial charge on any atom is 0.302 e. The predicted molar refractivity (Wildman–Crippen MR) is 100 cm³/mol. The summed E-state index contributed by atoms with van der Waals surface area (Å²) in [4.78, 5) is 39.9. The van der Waals surface area contributed by atoms with Crippen molar-refractivity contribution in [1.29, 1.82) is 0 Å². The monoisotopic (exact) mass is 390 g/mol. The Balaban J connectivity index is 1.86. The van der Waals surface area contributed by atoms with E-state index >= 15 is 0 Å². The summed E-state index contributed by atoms with van der Waals surface area (Å²) in [7, 11) is 3.18. The topological polar surface area (TPSA) is 76.2 Å². The third kappa shape index (κ3) is 3.86. The van der Waals surface area contributed by atoms with Gasteiger partial charge in [-0.1, -0.05) is 30.3 Å². The minimum atomic E-state index is -0.549. The SMILES string of the molecule is COC1C(=O)N2C(C(=O)N(C)Cc3ccccc3)=C(COC(C)=O)CSC12. The predicted octanol–water partition coefficient (Wildman–Crippen LogP) is 1.39. The number of rotatable bonds is 6. The summed E-state index contributed by atoms with van der Waals surface area (Å²) in [5, 5.41) is -0.229. The standard InChI is InChI=1S/C19H22N2O5S/c1-12(22)26-10-14-11-27-19-16(25-3)18(24)21(19)15(14)17(23)20(2)9-13-7-5-4-6-8-13/h4-8,16,19H,9-11H2,1-3H3. The second kappa shape index (κ2) is 8.14. The average Bonchev–Trinajstić information content (AvgIpc) is 2.66. The molecule has 7 nitrogen and oxygen atoms in total. The molecular formula is C19H22N2O5S. The number of benzene rings is 1. The third-order valence-corrected chi connectivity index (χ3v) is 5.83. The fraction of sp³-hybridized carbons (Fsp3) is 0.421. The molecule has 0 N–H and O–H groups in total. The van der Waals surface area contributed by atoms with Crippen LogP contribution in [-0.4, -0.2) is 65.6 Å². The Hall–Kier alpha value is -2.32. The summed E-state index contributed by atoms with van der Waals surface area (Å²) in [6.07, 6.45) is -0.549. The number of hydrogen-bond donors (Lipinski definition) is 0. The Morgan fingerprint density at radius 2 is 2.00 bits per heavy atom. The van der Waals surface area contributed by atoms with Gasteiger partial charge in [-0.05, 0) is 5.56 Å². The lowest BCUT2D eigenvalue weighted by Crippen LogP contribution is -2.66. The van der Waals surface area contributed by atoms with Crippen LogP contribution in [0.2, 0.25) is 0 Å². The highest BCUT2D eigenvalue weighted by Crippen LogP contribution is 2.41. The van der Waals surface area contributed by atoms with Gasteiger partial charge in [-0.2, -0.15) is 0 Å². The van der Waals surface area contributed by atoms with Gasteiger partial charge in [0.1, 0.15) is 17.7 Å². The van der Waals surface area contributed by atoms with E-state index in [9.17, 15) is 14.4 Å². The van der Waals surface area contributed by atoms with Gasteiger partial charge in [0.25, 0.3) is 11.8 Å². The Morgan fingerprint density at radius 3 is 2.63 bits per heavy atom. The number of esters is 1. The summed E-state index contributed by atoms with van der Waals surface area (Å²) in [5.74, 6) is -0.438. The van der Waals surface area contributed by atoms with Gasteiger partial charge in [-0.25, -0.2) is 0 Å². The molecule has 144 valence electrons. The molecule has 8 heteroatoms. The van der Waals surface area contributed by atoms with E-state index in [-0.39, 0.29) is 23.8 Å². The van der Waals surface area contributed by atoms with E-state index in [0.717, 1.165) is 5.56 Å². The molecule has 27 heavy (non-hydrogen) atoms. The van der Waals surface area contributed by atoms with Crippen molar-refractivity contribution in [3.05, 3.63) is 47.2 Å². The van der Waals surface area contributed by atoms with Crippen LogP contribution in [0.3, 0.4) is 0 Å². The molecule has 2 aliphatic heterocycles. The second-order valence-corrected chi connectivity index (χ2v) is 7.55. The molecular weight excluding hydrogens is 368 g/mol. The summed E-state index contributed by atoms with van der Waals surface area (Å²) in [6.45, 7) is 1.73. The normalized spacial score (nSPS) is 21.4. The van der Waals surface area contributed by atoms with Gasteiger partial charge in [0.15, 0.2) is 6.10 Å². The zero-order chi connectivity index (χ0) is 19.6. The molecule has 2 amide bonds. The zero-order valence-electron chi connectivity index (χ0n) is 15.5. The molecule has 0 aromatic heterocycles. The number of likely N-dealkylation sites (N-methyl/N-ethyl adjacent to an activating group) is 1. The highest BCUT2D eigenvalue weighted by atomic mass is 32.2. The molecule has 2 atom stereocenters. The van der Waals surface area contributed by atoms with E-state index in [0.29, 0.717) is 23.6 Å². The average molecular weight is 390 g/mol. The molecule has 1 aromatic rings. The Kier molecular flexibility index (Phi) is 5.86. The maximum atomic E-state index is 13.2. The molecule has 1 saturated heterocycles. The van der Waals surface area contributed by atoms with Gasteiger partial charge in [0.05, 0.1) is 0 Å². The fourth-order valence-corrected chi connectivity index (χ4v) is 4.49. The number of methoxy groups -OCH3 is 1. The first kappa shape index (κ1) is 19.4. The third-order valence-electron chi connectivity index (χ3n) is 4.51. The molecule has 0 bridgehead atoms. The Labute approximate surface area is 162 Å². The number of carbonyl (C=O) groups excluding carboxylic acids is 3. The highest BCUT2D eigenvalue weighted by Gasteiger charge is 2.54. The number of amides is 2. The van der Waals surface area contributed by atoms with E-state index in [1.54, 1.807) is 11.9 Å². The molecule has 0 radical (unpaired) electrons. The lowest BCUT2D eigenvalue weighted by atomic mass is 10.0. The molecule has 0 aliphatic carbocycles. The van der Waals surface area contributed by atoms with Gasteiger partial charge >= 0.3 is 5.97 Å². The molecule has 0 saturated carbocycles.